The van der Waals surface area contributed by atoms with Crippen molar-refractivity contribution in [1.29, 1.82) is 0 Å². The summed E-state index contributed by atoms with van der Waals surface area (Å²) in [4.78, 5) is 20.2. The van der Waals surface area contributed by atoms with Gasteiger partial charge in [-0.15, -0.1) is 0 Å². The van der Waals surface area contributed by atoms with Crippen molar-refractivity contribution in [1.82, 2.24) is 19.3 Å². The Balaban J connectivity index is 1.83. The Bertz CT molecular complexity index is 1380. The number of carboxylic acid groups (broad SMARTS) is 1. The number of aromatic carboxylic acids is 1. The average molecular weight is 517 g/mol. The second-order valence-electron chi connectivity index (χ2n) is 8.62. The third-order valence-corrected chi connectivity index (χ3v) is 7.70. The Morgan fingerprint density at radius 2 is 1.88 bits per heavy atom. The molecule has 0 unspecified atom stereocenters. The van der Waals surface area contributed by atoms with Gasteiger partial charge in [0, 0.05) is 23.8 Å². The minimum absolute atomic E-state index is 0.0289. The number of hydrogen-bond acceptors (Lipinski definition) is 5. The van der Waals surface area contributed by atoms with Crippen molar-refractivity contribution in [3.63, 3.8) is 0 Å². The Morgan fingerprint density at radius 1 is 1.21 bits per heavy atom. The quantitative estimate of drug-likeness (QED) is 0.486. The van der Waals surface area contributed by atoms with Crippen molar-refractivity contribution in [2.75, 3.05) is 0 Å². The van der Waals surface area contributed by atoms with Crippen LogP contribution in [-0.2, 0) is 10.0 Å². The van der Waals surface area contributed by atoms with E-state index < -0.39 is 32.6 Å². The molecule has 8 nitrogen and oxygen atoms in total. The van der Waals surface area contributed by atoms with Crippen LogP contribution in [0.5, 0.6) is 0 Å². The first-order valence-electron chi connectivity index (χ1n) is 10.2. The molecule has 1 aliphatic carbocycles. The van der Waals surface area contributed by atoms with Crippen LogP contribution < -0.4 is 4.72 Å². The molecular formula is C21H20ClF3N4O4S. The first-order valence-corrected chi connectivity index (χ1v) is 12.1. The zero-order valence-corrected chi connectivity index (χ0v) is 19.6. The van der Waals surface area contributed by atoms with Crippen LogP contribution in [0.4, 0.5) is 13.2 Å². The monoisotopic (exact) mass is 516 g/mol. The number of nitrogens with one attached hydrogen (secondary N) is 1. The van der Waals surface area contributed by atoms with Crippen LogP contribution in [0.1, 0.15) is 49.5 Å². The third-order valence-electron chi connectivity index (χ3n) is 5.85. The summed E-state index contributed by atoms with van der Waals surface area (Å²) in [6.07, 6.45) is 0.0313. The summed E-state index contributed by atoms with van der Waals surface area (Å²) in [5.41, 5.74) is -2.00. The van der Waals surface area contributed by atoms with Gasteiger partial charge in [-0.05, 0) is 51.3 Å². The van der Waals surface area contributed by atoms with Crippen LogP contribution in [0.2, 0.25) is 5.02 Å². The lowest BCUT2D eigenvalue weighted by Gasteiger charge is -2.29. The van der Waals surface area contributed by atoms with Crippen molar-refractivity contribution in [2.24, 2.45) is 0 Å². The molecule has 0 aromatic carbocycles. The molecule has 2 N–H and O–H groups in total. The molecular weight excluding hydrogens is 497 g/mol. The van der Waals surface area contributed by atoms with Gasteiger partial charge in [-0.25, -0.2) is 18.2 Å². The van der Waals surface area contributed by atoms with Crippen molar-refractivity contribution in [3.8, 4) is 11.4 Å². The largest absolute Gasteiger partial charge is 0.478 e. The fourth-order valence-corrected chi connectivity index (χ4v) is 5.26. The van der Waals surface area contributed by atoms with E-state index in [0.717, 1.165) is 31.5 Å². The Morgan fingerprint density at radius 3 is 2.38 bits per heavy atom. The number of rotatable bonds is 6. The standard InChI is InChI=1S/C21H20ClF3N4O4S/c1-20(2,21(23,24)25)28-34(32,33)13-6-7-15(26-10-13)17-16(19(30)31)14-8-11(22)9-27-18(14)29(17)12-4-3-5-12/h6-10,12,28H,3-5H2,1-2H3,(H,30,31). The average Bonchev–Trinajstić information content (AvgIpc) is 2.99. The van der Waals surface area contributed by atoms with Gasteiger partial charge in [-0.2, -0.15) is 17.9 Å². The minimum Gasteiger partial charge on any atom is -0.478 e. The molecule has 3 aromatic rings. The number of alkyl halides is 3. The van der Waals surface area contributed by atoms with Crippen molar-refractivity contribution in [3.05, 3.63) is 41.2 Å². The van der Waals surface area contributed by atoms with Gasteiger partial charge >= 0.3 is 12.1 Å². The molecule has 0 saturated heterocycles. The highest BCUT2D eigenvalue weighted by Gasteiger charge is 2.49. The number of sulfonamides is 1. The fraction of sp³-hybridized carbons (Fsp3) is 0.381. The van der Waals surface area contributed by atoms with E-state index in [1.807, 2.05) is 0 Å². The zero-order valence-electron chi connectivity index (χ0n) is 18.0. The lowest BCUT2D eigenvalue weighted by Crippen LogP contribution is -2.54. The summed E-state index contributed by atoms with van der Waals surface area (Å²) in [6.45, 7) is 1.42. The molecule has 0 radical (unpaired) electrons. The fourth-order valence-electron chi connectivity index (χ4n) is 3.76. The van der Waals surface area contributed by atoms with E-state index in [1.165, 1.54) is 18.3 Å². The molecule has 0 aliphatic heterocycles. The van der Waals surface area contributed by atoms with E-state index in [9.17, 15) is 31.5 Å². The van der Waals surface area contributed by atoms with E-state index in [-0.39, 0.29) is 28.0 Å². The Kier molecular flexibility index (Phi) is 5.90. The van der Waals surface area contributed by atoms with Gasteiger partial charge in [0.2, 0.25) is 10.0 Å². The first kappa shape index (κ1) is 24.4. The predicted molar refractivity (Wildman–Crippen MR) is 118 cm³/mol. The SMILES string of the molecule is CC(C)(NS(=O)(=O)c1ccc(-c2c(C(=O)O)c3cc(Cl)cnc3n2C2CCC2)nc1)C(F)(F)F. The highest BCUT2D eigenvalue weighted by atomic mass is 35.5. The smallest absolute Gasteiger partial charge is 0.407 e. The van der Waals surface area contributed by atoms with Gasteiger partial charge in [-0.1, -0.05) is 11.6 Å². The zero-order chi connectivity index (χ0) is 25.1. The molecule has 4 rings (SSSR count). The van der Waals surface area contributed by atoms with E-state index in [2.05, 4.69) is 9.97 Å². The van der Waals surface area contributed by atoms with E-state index in [0.29, 0.717) is 24.9 Å². The normalized spacial score (nSPS) is 15.5. The third kappa shape index (κ3) is 4.14. The maximum Gasteiger partial charge on any atom is 0.407 e. The van der Waals surface area contributed by atoms with E-state index in [4.69, 9.17) is 11.6 Å². The number of pyridine rings is 2. The van der Waals surface area contributed by atoms with Crippen molar-refractivity contribution in [2.45, 2.75) is 55.8 Å². The molecule has 1 fully saturated rings. The van der Waals surface area contributed by atoms with Crippen LogP contribution in [-0.4, -0.2) is 45.7 Å². The molecule has 0 bridgehead atoms. The number of carboxylic acids is 1. The van der Waals surface area contributed by atoms with Gasteiger partial charge in [0.05, 0.1) is 22.0 Å². The lowest BCUT2D eigenvalue weighted by atomic mass is 9.92. The number of hydrogen-bond donors (Lipinski definition) is 2. The Labute approximate surface area is 197 Å². The molecule has 0 spiro atoms. The van der Waals surface area contributed by atoms with Gasteiger partial charge < -0.3 is 9.67 Å². The summed E-state index contributed by atoms with van der Waals surface area (Å²) in [5, 5.41) is 10.5. The van der Waals surface area contributed by atoms with E-state index >= 15 is 0 Å². The lowest BCUT2D eigenvalue weighted by molar-refractivity contribution is -0.180. The summed E-state index contributed by atoms with van der Waals surface area (Å²) in [6, 6.07) is 3.82. The number of fused-ring (bicyclic) bond motifs is 1. The van der Waals surface area contributed by atoms with Crippen LogP contribution in [0, 0.1) is 0 Å². The van der Waals surface area contributed by atoms with Gasteiger partial charge in [0.25, 0.3) is 0 Å². The molecule has 0 atom stereocenters. The van der Waals surface area contributed by atoms with Gasteiger partial charge in [0.15, 0.2) is 0 Å². The summed E-state index contributed by atoms with van der Waals surface area (Å²) >= 11 is 6.05. The molecule has 13 heteroatoms. The molecule has 0 amide bonds. The van der Waals surface area contributed by atoms with Crippen molar-refractivity contribution >= 4 is 38.6 Å². The highest BCUT2D eigenvalue weighted by molar-refractivity contribution is 7.89. The maximum atomic E-state index is 13.2. The van der Waals surface area contributed by atoms with Gasteiger partial charge in [-0.3, -0.25) is 4.98 Å². The van der Waals surface area contributed by atoms with Crippen LogP contribution >= 0.6 is 11.6 Å². The molecule has 182 valence electrons. The molecule has 3 aromatic heterocycles. The second kappa shape index (κ2) is 8.21. The Hall–Kier alpha value is -2.70. The van der Waals surface area contributed by atoms with E-state index in [1.54, 1.807) is 9.29 Å². The predicted octanol–water partition coefficient (Wildman–Crippen LogP) is 4.79. The van der Waals surface area contributed by atoms with Gasteiger partial charge in [0.1, 0.15) is 16.1 Å². The minimum atomic E-state index is -4.82. The number of carbonyl (C=O) groups is 1. The van der Waals surface area contributed by atoms with Crippen LogP contribution in [0.25, 0.3) is 22.4 Å². The topological polar surface area (TPSA) is 114 Å². The molecule has 34 heavy (non-hydrogen) atoms. The summed E-state index contributed by atoms with van der Waals surface area (Å²) < 4.78 is 68.0. The van der Waals surface area contributed by atoms with Crippen LogP contribution in [0.3, 0.4) is 0 Å². The summed E-state index contributed by atoms with van der Waals surface area (Å²) in [5.74, 6) is -1.24. The molecule has 1 saturated carbocycles. The highest BCUT2D eigenvalue weighted by Crippen LogP contribution is 2.42. The number of aromatic nitrogens is 3. The molecule has 3 heterocycles. The number of nitrogens with zero attached hydrogens (tertiary/aromatic N) is 3. The first-order chi connectivity index (χ1) is 15.7. The van der Waals surface area contributed by atoms with Crippen molar-refractivity contribution < 1.29 is 31.5 Å². The van der Waals surface area contributed by atoms with Crippen LogP contribution in [0.15, 0.2) is 35.5 Å². The number of halogens is 4. The molecule has 1 aliphatic rings. The maximum absolute atomic E-state index is 13.2. The second-order valence-corrected chi connectivity index (χ2v) is 10.7. The summed E-state index contributed by atoms with van der Waals surface area (Å²) in [7, 11) is -4.56.